The Morgan fingerprint density at radius 2 is 1.82 bits per heavy atom. The van der Waals surface area contributed by atoms with Gasteiger partial charge in [-0.05, 0) is 24.3 Å². The van der Waals surface area contributed by atoms with Crippen molar-refractivity contribution in [2.75, 3.05) is 11.9 Å². The Morgan fingerprint density at radius 3 is 2.64 bits per heavy atom. The van der Waals surface area contributed by atoms with E-state index < -0.39 is 0 Å². The predicted molar refractivity (Wildman–Crippen MR) is 91.0 cm³/mol. The van der Waals surface area contributed by atoms with E-state index in [1.165, 1.54) is 0 Å². The summed E-state index contributed by atoms with van der Waals surface area (Å²) in [6, 6.07) is 17.9. The number of thiazole rings is 1. The minimum Gasteiger partial charge on any atom is -0.385 e. The molecule has 112 valence electrons. The van der Waals surface area contributed by atoms with Gasteiger partial charge in [0.2, 0.25) is 5.91 Å². The molecule has 2 N–H and O–H groups in total. The van der Waals surface area contributed by atoms with Gasteiger partial charge >= 0.3 is 0 Å². The molecule has 1 heterocycles. The second-order valence-electron chi connectivity index (χ2n) is 4.89. The predicted octanol–water partition coefficient (Wildman–Crippen LogP) is 3.41. The first kappa shape index (κ1) is 14.5. The molecule has 0 saturated carbocycles. The van der Waals surface area contributed by atoms with Gasteiger partial charge in [0.1, 0.15) is 5.01 Å². The molecule has 0 atom stereocenters. The monoisotopic (exact) mass is 311 g/mol. The number of nitrogens with one attached hydrogen (secondary N) is 2. The zero-order chi connectivity index (χ0) is 15.2. The summed E-state index contributed by atoms with van der Waals surface area (Å²) in [5.74, 6) is 0.0303. The molecule has 0 bridgehead atoms. The molecule has 0 radical (unpaired) electrons. The normalized spacial score (nSPS) is 10.5. The lowest BCUT2D eigenvalue weighted by Crippen LogP contribution is -2.24. The minimum atomic E-state index is 0.0303. The molecule has 4 nitrogen and oxygen atoms in total. The molecule has 0 aliphatic carbocycles. The second-order valence-corrected chi connectivity index (χ2v) is 6.01. The minimum absolute atomic E-state index is 0.0303. The highest BCUT2D eigenvalue weighted by atomic mass is 32.1. The number of fused-ring (bicyclic) bond motifs is 1. The van der Waals surface area contributed by atoms with Gasteiger partial charge in [0.15, 0.2) is 0 Å². The summed E-state index contributed by atoms with van der Waals surface area (Å²) < 4.78 is 1.15. The molecule has 0 spiro atoms. The van der Waals surface area contributed by atoms with E-state index in [2.05, 4.69) is 15.6 Å². The molecule has 0 fully saturated rings. The van der Waals surface area contributed by atoms with Gasteiger partial charge in [-0.3, -0.25) is 4.79 Å². The third-order valence-electron chi connectivity index (χ3n) is 3.23. The SMILES string of the molecule is O=C(CCNc1ccccc1)NCc1nc2ccccc2s1. The van der Waals surface area contributed by atoms with Crippen molar-refractivity contribution in [2.45, 2.75) is 13.0 Å². The van der Waals surface area contributed by atoms with Crippen molar-refractivity contribution in [1.82, 2.24) is 10.3 Å². The van der Waals surface area contributed by atoms with Crippen LogP contribution in [0.15, 0.2) is 54.6 Å². The summed E-state index contributed by atoms with van der Waals surface area (Å²) in [5, 5.41) is 7.07. The zero-order valence-corrected chi connectivity index (χ0v) is 12.9. The summed E-state index contributed by atoms with van der Waals surface area (Å²) in [5.41, 5.74) is 2.02. The number of carbonyl (C=O) groups is 1. The standard InChI is InChI=1S/C17H17N3OS/c21-16(10-11-18-13-6-2-1-3-7-13)19-12-17-20-14-8-4-5-9-15(14)22-17/h1-9,18H,10-12H2,(H,19,21). The molecular formula is C17H17N3OS. The molecule has 0 unspecified atom stereocenters. The van der Waals surface area contributed by atoms with Crippen molar-refractivity contribution < 1.29 is 4.79 Å². The van der Waals surface area contributed by atoms with Crippen LogP contribution in [0.4, 0.5) is 5.69 Å². The topological polar surface area (TPSA) is 54.0 Å². The summed E-state index contributed by atoms with van der Waals surface area (Å²) in [7, 11) is 0. The van der Waals surface area contributed by atoms with E-state index in [0.717, 1.165) is 20.9 Å². The van der Waals surface area contributed by atoms with Crippen LogP contribution in [0.5, 0.6) is 0 Å². The van der Waals surface area contributed by atoms with Crippen molar-refractivity contribution >= 4 is 33.1 Å². The summed E-state index contributed by atoms with van der Waals surface area (Å²) in [6.07, 6.45) is 0.444. The Bertz CT molecular complexity index is 722. The Hall–Kier alpha value is -2.40. The Morgan fingerprint density at radius 1 is 1.05 bits per heavy atom. The number of carbonyl (C=O) groups excluding carboxylic acids is 1. The van der Waals surface area contributed by atoms with Gasteiger partial charge in [-0.2, -0.15) is 0 Å². The van der Waals surface area contributed by atoms with Gasteiger partial charge in [-0.25, -0.2) is 4.98 Å². The van der Waals surface area contributed by atoms with Crippen LogP contribution in [0.3, 0.4) is 0 Å². The van der Waals surface area contributed by atoms with Gasteiger partial charge in [0.25, 0.3) is 0 Å². The van der Waals surface area contributed by atoms with Crippen LogP contribution in [-0.2, 0) is 11.3 Å². The molecule has 0 aliphatic heterocycles. The van der Waals surface area contributed by atoms with Crippen LogP contribution < -0.4 is 10.6 Å². The lowest BCUT2D eigenvalue weighted by atomic mass is 10.3. The average Bonchev–Trinajstić information content (AvgIpc) is 2.97. The molecule has 3 aromatic rings. The number of amides is 1. The molecule has 1 aromatic heterocycles. The number of hydrogen-bond donors (Lipinski definition) is 2. The van der Waals surface area contributed by atoms with E-state index in [1.807, 2.05) is 54.6 Å². The van der Waals surface area contributed by atoms with E-state index in [4.69, 9.17) is 0 Å². The first-order valence-electron chi connectivity index (χ1n) is 7.21. The first-order valence-corrected chi connectivity index (χ1v) is 8.03. The van der Waals surface area contributed by atoms with Crippen molar-refractivity contribution in [3.05, 3.63) is 59.6 Å². The molecule has 2 aromatic carbocycles. The van der Waals surface area contributed by atoms with Crippen LogP contribution in [0.25, 0.3) is 10.2 Å². The highest BCUT2D eigenvalue weighted by molar-refractivity contribution is 7.18. The number of anilines is 1. The summed E-state index contributed by atoms with van der Waals surface area (Å²) in [6.45, 7) is 1.11. The summed E-state index contributed by atoms with van der Waals surface area (Å²) >= 11 is 1.62. The third-order valence-corrected chi connectivity index (χ3v) is 4.27. The van der Waals surface area contributed by atoms with E-state index in [9.17, 15) is 4.79 Å². The lowest BCUT2D eigenvalue weighted by Gasteiger charge is -2.06. The Labute approximate surface area is 133 Å². The quantitative estimate of drug-likeness (QED) is 0.733. The highest BCUT2D eigenvalue weighted by Crippen LogP contribution is 2.21. The maximum Gasteiger partial charge on any atom is 0.222 e. The molecule has 3 rings (SSSR count). The van der Waals surface area contributed by atoms with E-state index in [1.54, 1.807) is 11.3 Å². The van der Waals surface area contributed by atoms with Crippen molar-refractivity contribution in [3.63, 3.8) is 0 Å². The maximum atomic E-state index is 11.8. The van der Waals surface area contributed by atoms with Gasteiger partial charge in [-0.1, -0.05) is 30.3 Å². The zero-order valence-electron chi connectivity index (χ0n) is 12.1. The summed E-state index contributed by atoms with van der Waals surface area (Å²) in [4.78, 5) is 16.3. The highest BCUT2D eigenvalue weighted by Gasteiger charge is 2.05. The van der Waals surface area contributed by atoms with Gasteiger partial charge in [0, 0.05) is 18.7 Å². The maximum absolute atomic E-state index is 11.8. The number of aromatic nitrogens is 1. The van der Waals surface area contributed by atoms with Gasteiger partial charge in [0.05, 0.1) is 16.8 Å². The molecule has 1 amide bonds. The fraction of sp³-hybridized carbons (Fsp3) is 0.176. The second kappa shape index (κ2) is 7.04. The van der Waals surface area contributed by atoms with E-state index in [-0.39, 0.29) is 5.91 Å². The molecule has 0 aliphatic rings. The number of para-hydroxylation sites is 2. The van der Waals surface area contributed by atoms with Gasteiger partial charge in [-0.15, -0.1) is 11.3 Å². The molecule has 0 saturated heterocycles. The number of benzene rings is 2. The number of hydrogen-bond acceptors (Lipinski definition) is 4. The van der Waals surface area contributed by atoms with Crippen LogP contribution in [0.1, 0.15) is 11.4 Å². The largest absolute Gasteiger partial charge is 0.385 e. The molecular weight excluding hydrogens is 294 g/mol. The molecule has 22 heavy (non-hydrogen) atoms. The number of rotatable bonds is 6. The number of nitrogens with zero attached hydrogens (tertiary/aromatic N) is 1. The van der Waals surface area contributed by atoms with E-state index >= 15 is 0 Å². The van der Waals surface area contributed by atoms with E-state index in [0.29, 0.717) is 19.5 Å². The first-order chi connectivity index (χ1) is 10.8. The van der Waals surface area contributed by atoms with Crippen LogP contribution in [-0.4, -0.2) is 17.4 Å². The van der Waals surface area contributed by atoms with Crippen LogP contribution >= 0.6 is 11.3 Å². The fourth-order valence-electron chi connectivity index (χ4n) is 2.13. The Balaban J connectivity index is 1.44. The van der Waals surface area contributed by atoms with Crippen LogP contribution in [0.2, 0.25) is 0 Å². The van der Waals surface area contributed by atoms with Crippen molar-refractivity contribution in [1.29, 1.82) is 0 Å². The molecule has 5 heteroatoms. The fourth-order valence-corrected chi connectivity index (χ4v) is 3.04. The smallest absolute Gasteiger partial charge is 0.222 e. The Kier molecular flexibility index (Phi) is 4.65. The van der Waals surface area contributed by atoms with Gasteiger partial charge < -0.3 is 10.6 Å². The average molecular weight is 311 g/mol. The van der Waals surface area contributed by atoms with Crippen molar-refractivity contribution in [3.8, 4) is 0 Å². The third kappa shape index (κ3) is 3.83. The van der Waals surface area contributed by atoms with Crippen LogP contribution in [0, 0.1) is 0 Å². The van der Waals surface area contributed by atoms with Crippen molar-refractivity contribution in [2.24, 2.45) is 0 Å². The lowest BCUT2D eigenvalue weighted by molar-refractivity contribution is -0.121.